The maximum atomic E-state index is 12.4. The van der Waals surface area contributed by atoms with Gasteiger partial charge in [-0.3, -0.25) is 4.79 Å². The summed E-state index contributed by atoms with van der Waals surface area (Å²) in [6.45, 7) is 1.11. The number of amides is 1. The van der Waals surface area contributed by atoms with Crippen LogP contribution in [0.1, 0.15) is 22.5 Å². The summed E-state index contributed by atoms with van der Waals surface area (Å²) in [5.41, 5.74) is 1.98. The van der Waals surface area contributed by atoms with Crippen LogP contribution >= 0.6 is 0 Å². The van der Waals surface area contributed by atoms with Crippen LogP contribution in [0.15, 0.2) is 41.0 Å². The molecule has 0 radical (unpaired) electrons. The van der Waals surface area contributed by atoms with E-state index in [1.165, 1.54) is 6.26 Å². The Balaban J connectivity index is 1.87. The fourth-order valence-corrected chi connectivity index (χ4v) is 2.96. The predicted octanol–water partition coefficient (Wildman–Crippen LogP) is 3.23. The minimum Gasteiger partial charge on any atom is -0.496 e. The van der Waals surface area contributed by atoms with E-state index < -0.39 is 0 Å². The smallest absolute Gasteiger partial charge is 0.289 e. The summed E-state index contributed by atoms with van der Waals surface area (Å²) < 4.78 is 21.5. The molecule has 0 saturated carbocycles. The number of furan rings is 1. The zero-order valence-electron chi connectivity index (χ0n) is 14.6. The molecule has 2 heterocycles. The Kier molecular flexibility index (Phi) is 4.97. The van der Waals surface area contributed by atoms with E-state index >= 15 is 0 Å². The number of methoxy groups -OCH3 is 3. The number of rotatable bonds is 5. The fourth-order valence-electron chi connectivity index (χ4n) is 2.96. The van der Waals surface area contributed by atoms with E-state index in [2.05, 4.69) is 0 Å². The third-order valence-electron chi connectivity index (χ3n) is 4.26. The number of ether oxygens (including phenoxy) is 3. The van der Waals surface area contributed by atoms with Crippen LogP contribution in [0.3, 0.4) is 0 Å². The normalized spacial score (nSPS) is 14.0. The quantitative estimate of drug-likeness (QED) is 0.834. The zero-order chi connectivity index (χ0) is 17.8. The Hall–Kier alpha value is -2.89. The predicted molar refractivity (Wildman–Crippen MR) is 93.3 cm³/mol. The Bertz CT molecular complexity index is 754. The van der Waals surface area contributed by atoms with E-state index in [0.29, 0.717) is 42.5 Å². The van der Waals surface area contributed by atoms with Crippen molar-refractivity contribution in [3.8, 4) is 17.2 Å². The van der Waals surface area contributed by atoms with Crippen LogP contribution in [0, 0.1) is 0 Å². The number of carbonyl (C=O) groups excluding carboxylic acids is 1. The molecular weight excluding hydrogens is 322 g/mol. The second kappa shape index (κ2) is 7.34. The molecular formula is C19H21NO5. The third kappa shape index (κ3) is 3.33. The van der Waals surface area contributed by atoms with Crippen molar-refractivity contribution < 1.29 is 23.4 Å². The second-order valence-corrected chi connectivity index (χ2v) is 5.61. The van der Waals surface area contributed by atoms with Crippen LogP contribution in [0.2, 0.25) is 0 Å². The lowest BCUT2D eigenvalue weighted by Crippen LogP contribution is -2.34. The van der Waals surface area contributed by atoms with Gasteiger partial charge in [-0.2, -0.15) is 0 Å². The fraction of sp³-hybridized carbons (Fsp3) is 0.316. The van der Waals surface area contributed by atoms with Gasteiger partial charge in [-0.25, -0.2) is 0 Å². The lowest BCUT2D eigenvalue weighted by molar-refractivity contribution is 0.0741. The van der Waals surface area contributed by atoms with Gasteiger partial charge in [-0.1, -0.05) is 6.08 Å². The Labute approximate surface area is 146 Å². The van der Waals surface area contributed by atoms with Crippen LogP contribution in [0.4, 0.5) is 0 Å². The summed E-state index contributed by atoms with van der Waals surface area (Å²) >= 11 is 0. The van der Waals surface area contributed by atoms with Gasteiger partial charge in [0.15, 0.2) is 5.76 Å². The molecule has 0 atom stereocenters. The van der Waals surface area contributed by atoms with Crippen LogP contribution in [0.5, 0.6) is 17.2 Å². The van der Waals surface area contributed by atoms with Gasteiger partial charge in [-0.15, -0.1) is 0 Å². The van der Waals surface area contributed by atoms with Gasteiger partial charge in [0.05, 0.1) is 33.2 Å². The molecule has 0 unspecified atom stereocenters. The highest BCUT2D eigenvalue weighted by Gasteiger charge is 2.24. The summed E-state index contributed by atoms with van der Waals surface area (Å²) in [6.07, 6.45) is 4.23. The molecule has 1 aliphatic heterocycles. The van der Waals surface area contributed by atoms with Crippen molar-refractivity contribution in [2.45, 2.75) is 6.42 Å². The first-order valence-electron chi connectivity index (χ1n) is 8.00. The van der Waals surface area contributed by atoms with E-state index in [0.717, 1.165) is 11.1 Å². The van der Waals surface area contributed by atoms with Gasteiger partial charge in [0.2, 0.25) is 0 Å². The first-order chi connectivity index (χ1) is 12.2. The average molecular weight is 343 g/mol. The molecule has 25 heavy (non-hydrogen) atoms. The van der Waals surface area contributed by atoms with Crippen molar-refractivity contribution in [2.24, 2.45) is 0 Å². The first kappa shape index (κ1) is 17.0. The molecule has 132 valence electrons. The molecule has 1 aromatic carbocycles. The SMILES string of the molecule is COc1cc(OC)c(C2=CCN(C(=O)c3ccco3)CC2)c(OC)c1. The number of hydrogen-bond donors (Lipinski definition) is 0. The van der Waals surface area contributed by atoms with Crippen molar-refractivity contribution in [3.05, 3.63) is 47.9 Å². The highest BCUT2D eigenvalue weighted by molar-refractivity contribution is 5.92. The Morgan fingerprint density at radius 3 is 2.32 bits per heavy atom. The zero-order valence-corrected chi connectivity index (χ0v) is 14.6. The van der Waals surface area contributed by atoms with E-state index in [-0.39, 0.29) is 5.91 Å². The van der Waals surface area contributed by atoms with Gasteiger partial charge in [0.1, 0.15) is 17.2 Å². The Morgan fingerprint density at radius 1 is 1.12 bits per heavy atom. The molecule has 0 spiro atoms. The summed E-state index contributed by atoms with van der Waals surface area (Å²) in [6, 6.07) is 7.06. The van der Waals surface area contributed by atoms with E-state index in [9.17, 15) is 4.79 Å². The molecule has 1 aromatic heterocycles. The van der Waals surface area contributed by atoms with Crippen LogP contribution < -0.4 is 14.2 Å². The van der Waals surface area contributed by atoms with E-state index in [4.69, 9.17) is 18.6 Å². The van der Waals surface area contributed by atoms with E-state index in [1.807, 2.05) is 18.2 Å². The largest absolute Gasteiger partial charge is 0.496 e. The molecule has 0 N–H and O–H groups in total. The summed E-state index contributed by atoms with van der Waals surface area (Å²) in [4.78, 5) is 14.1. The maximum absolute atomic E-state index is 12.4. The highest BCUT2D eigenvalue weighted by atomic mass is 16.5. The van der Waals surface area contributed by atoms with Crippen molar-refractivity contribution in [1.29, 1.82) is 0 Å². The number of carbonyl (C=O) groups is 1. The average Bonchev–Trinajstić information content (AvgIpc) is 3.21. The molecule has 1 amide bonds. The van der Waals surface area contributed by atoms with Gasteiger partial charge in [-0.05, 0) is 24.1 Å². The summed E-state index contributed by atoms with van der Waals surface area (Å²) in [5, 5.41) is 0. The molecule has 6 heteroatoms. The van der Waals surface area contributed by atoms with Crippen molar-refractivity contribution in [3.63, 3.8) is 0 Å². The molecule has 2 aromatic rings. The lowest BCUT2D eigenvalue weighted by atomic mass is 9.97. The Morgan fingerprint density at radius 2 is 1.84 bits per heavy atom. The first-order valence-corrected chi connectivity index (χ1v) is 8.00. The van der Waals surface area contributed by atoms with Crippen LogP contribution in [-0.2, 0) is 0 Å². The number of nitrogens with zero attached hydrogens (tertiary/aromatic N) is 1. The monoisotopic (exact) mass is 343 g/mol. The molecule has 6 nitrogen and oxygen atoms in total. The van der Waals surface area contributed by atoms with Gasteiger partial charge in [0.25, 0.3) is 5.91 Å². The van der Waals surface area contributed by atoms with Gasteiger partial charge >= 0.3 is 0 Å². The van der Waals surface area contributed by atoms with Crippen molar-refractivity contribution in [1.82, 2.24) is 4.90 Å². The minimum atomic E-state index is -0.103. The molecule has 0 bridgehead atoms. The van der Waals surface area contributed by atoms with Gasteiger partial charge < -0.3 is 23.5 Å². The minimum absolute atomic E-state index is 0.103. The van der Waals surface area contributed by atoms with E-state index in [1.54, 1.807) is 38.4 Å². The highest BCUT2D eigenvalue weighted by Crippen LogP contribution is 2.40. The molecule has 0 fully saturated rings. The standard InChI is InChI=1S/C19H21NO5/c1-22-14-11-16(23-2)18(17(12-14)24-3)13-6-8-20(9-7-13)19(21)15-5-4-10-25-15/h4-6,10-12H,7-9H2,1-3H3. The van der Waals surface area contributed by atoms with Crippen molar-refractivity contribution >= 4 is 11.5 Å². The molecule has 3 rings (SSSR count). The third-order valence-corrected chi connectivity index (χ3v) is 4.26. The molecule has 0 saturated heterocycles. The molecule has 1 aliphatic rings. The molecule has 0 aliphatic carbocycles. The topological polar surface area (TPSA) is 61.1 Å². The number of benzene rings is 1. The van der Waals surface area contributed by atoms with Crippen molar-refractivity contribution in [2.75, 3.05) is 34.4 Å². The number of hydrogen-bond acceptors (Lipinski definition) is 5. The second-order valence-electron chi connectivity index (χ2n) is 5.61. The summed E-state index contributed by atoms with van der Waals surface area (Å²) in [5.74, 6) is 2.30. The summed E-state index contributed by atoms with van der Waals surface area (Å²) in [7, 11) is 4.84. The van der Waals surface area contributed by atoms with Crippen LogP contribution in [-0.4, -0.2) is 45.2 Å². The van der Waals surface area contributed by atoms with Gasteiger partial charge in [0, 0.05) is 25.2 Å². The lowest BCUT2D eigenvalue weighted by Gasteiger charge is -2.27. The van der Waals surface area contributed by atoms with Crippen LogP contribution in [0.25, 0.3) is 5.57 Å². The maximum Gasteiger partial charge on any atom is 0.289 e.